The minimum absolute atomic E-state index is 0.00482. The van der Waals surface area contributed by atoms with E-state index < -0.39 is 0 Å². The van der Waals surface area contributed by atoms with Crippen LogP contribution in [0.15, 0.2) is 29.4 Å². The number of nitrogens with zero attached hydrogens (tertiary/aromatic N) is 3. The van der Waals surface area contributed by atoms with Crippen molar-refractivity contribution < 1.29 is 4.79 Å². The highest BCUT2D eigenvalue weighted by molar-refractivity contribution is 8.00. The molecule has 6 nitrogen and oxygen atoms in total. The molecule has 1 aromatic heterocycles. The summed E-state index contributed by atoms with van der Waals surface area (Å²) in [6.07, 6.45) is 2.12. The topological polar surface area (TPSA) is 85.8 Å². The van der Waals surface area contributed by atoms with Gasteiger partial charge in [0.1, 0.15) is 0 Å². The van der Waals surface area contributed by atoms with Gasteiger partial charge < -0.3 is 11.2 Å². The smallest absolute Gasteiger partial charge is 0.233 e. The lowest BCUT2D eigenvalue weighted by atomic mass is 10.2. The van der Waals surface area contributed by atoms with Gasteiger partial charge in [0.25, 0.3) is 0 Å². The Balaban J connectivity index is 1.75. The summed E-state index contributed by atoms with van der Waals surface area (Å²) in [5.41, 5.74) is 0.709. The van der Waals surface area contributed by atoms with E-state index in [1.165, 1.54) is 16.4 Å². The van der Waals surface area contributed by atoms with E-state index in [-0.39, 0.29) is 11.2 Å². The number of hydrogen-bond donors (Lipinski definition) is 2. The quantitative estimate of drug-likeness (QED) is 0.644. The standard InChI is InChI=1S/C14H16ClN5OS/c1-8(13(21)17-9-6-7-9)22-14-19-18-12(20(14)16)10-4-2-3-5-11(10)15/h2-5,8-9H,6-7,16H2,1H3,(H,17,21)/t8-/m1/s1. The maximum absolute atomic E-state index is 12.0. The van der Waals surface area contributed by atoms with Crippen LogP contribution in [-0.2, 0) is 4.79 Å². The molecule has 0 radical (unpaired) electrons. The molecule has 3 N–H and O–H groups in total. The maximum Gasteiger partial charge on any atom is 0.233 e. The second kappa shape index (κ2) is 6.18. The molecule has 1 atom stereocenters. The Morgan fingerprint density at radius 2 is 2.18 bits per heavy atom. The number of aromatic nitrogens is 3. The zero-order valence-electron chi connectivity index (χ0n) is 12.0. The fraction of sp³-hybridized carbons (Fsp3) is 0.357. The van der Waals surface area contributed by atoms with Gasteiger partial charge >= 0.3 is 0 Å². The van der Waals surface area contributed by atoms with Crippen molar-refractivity contribution in [2.75, 3.05) is 5.84 Å². The summed E-state index contributed by atoms with van der Waals surface area (Å²) in [7, 11) is 0. The van der Waals surface area contributed by atoms with Crippen molar-refractivity contribution in [2.45, 2.75) is 36.2 Å². The van der Waals surface area contributed by atoms with Gasteiger partial charge in [-0.2, -0.15) is 0 Å². The Labute approximate surface area is 137 Å². The van der Waals surface area contributed by atoms with E-state index in [2.05, 4.69) is 15.5 Å². The summed E-state index contributed by atoms with van der Waals surface area (Å²) < 4.78 is 1.37. The second-order valence-corrected chi connectivity index (χ2v) is 6.91. The van der Waals surface area contributed by atoms with Gasteiger partial charge in [0.05, 0.1) is 10.3 Å². The predicted octanol–water partition coefficient (Wildman–Crippen LogP) is 2.07. The third-order valence-corrected chi connectivity index (χ3v) is 4.74. The first-order valence-electron chi connectivity index (χ1n) is 6.98. The number of nitrogens with one attached hydrogen (secondary N) is 1. The first kappa shape index (κ1) is 15.2. The van der Waals surface area contributed by atoms with Crippen LogP contribution in [0.2, 0.25) is 5.02 Å². The monoisotopic (exact) mass is 337 g/mol. The number of amides is 1. The summed E-state index contributed by atoms with van der Waals surface area (Å²) in [6.45, 7) is 1.83. The van der Waals surface area contributed by atoms with Crippen LogP contribution in [0, 0.1) is 0 Å². The number of nitrogen functional groups attached to an aromatic ring is 1. The van der Waals surface area contributed by atoms with Crippen molar-refractivity contribution in [3.05, 3.63) is 29.3 Å². The van der Waals surface area contributed by atoms with E-state index in [1.54, 1.807) is 6.07 Å². The first-order chi connectivity index (χ1) is 10.6. The number of carbonyl (C=O) groups excluding carboxylic acids is 1. The molecule has 1 aliphatic carbocycles. The first-order valence-corrected chi connectivity index (χ1v) is 8.24. The molecule has 1 amide bonds. The highest BCUT2D eigenvalue weighted by Gasteiger charge is 2.27. The zero-order chi connectivity index (χ0) is 15.7. The average molecular weight is 338 g/mol. The number of benzene rings is 1. The van der Waals surface area contributed by atoms with Gasteiger partial charge in [0, 0.05) is 11.6 Å². The van der Waals surface area contributed by atoms with Crippen molar-refractivity contribution in [2.24, 2.45) is 0 Å². The number of thioether (sulfide) groups is 1. The Morgan fingerprint density at radius 3 is 2.86 bits per heavy atom. The van der Waals surface area contributed by atoms with Crippen LogP contribution in [0.5, 0.6) is 0 Å². The molecule has 0 spiro atoms. The van der Waals surface area contributed by atoms with Crippen LogP contribution in [0.4, 0.5) is 0 Å². The molecule has 0 saturated heterocycles. The molecular formula is C14H16ClN5OS. The summed E-state index contributed by atoms with van der Waals surface area (Å²) in [5, 5.41) is 11.9. The van der Waals surface area contributed by atoms with Gasteiger partial charge in [0.15, 0.2) is 5.82 Å². The molecule has 1 heterocycles. The van der Waals surface area contributed by atoms with Gasteiger partial charge in [-0.3, -0.25) is 4.79 Å². The SMILES string of the molecule is C[C@@H](Sc1nnc(-c2ccccc2Cl)n1N)C(=O)NC1CC1. The molecule has 3 rings (SSSR count). The molecule has 1 saturated carbocycles. The Bertz CT molecular complexity index is 700. The van der Waals surface area contributed by atoms with Crippen molar-refractivity contribution in [1.82, 2.24) is 20.2 Å². The fourth-order valence-corrected chi connectivity index (χ4v) is 2.94. The average Bonchev–Trinajstić information content (AvgIpc) is 3.24. The minimum atomic E-state index is -0.286. The van der Waals surface area contributed by atoms with E-state index in [4.69, 9.17) is 17.4 Å². The van der Waals surface area contributed by atoms with E-state index in [1.807, 2.05) is 25.1 Å². The third kappa shape index (κ3) is 3.20. The highest BCUT2D eigenvalue weighted by atomic mass is 35.5. The van der Waals surface area contributed by atoms with Gasteiger partial charge in [-0.15, -0.1) is 10.2 Å². The van der Waals surface area contributed by atoms with Crippen LogP contribution in [0.25, 0.3) is 11.4 Å². The Morgan fingerprint density at radius 1 is 1.45 bits per heavy atom. The molecule has 22 heavy (non-hydrogen) atoms. The van der Waals surface area contributed by atoms with Gasteiger partial charge in [-0.25, -0.2) is 4.68 Å². The van der Waals surface area contributed by atoms with Gasteiger partial charge in [-0.1, -0.05) is 35.5 Å². The van der Waals surface area contributed by atoms with E-state index in [0.717, 1.165) is 12.8 Å². The van der Waals surface area contributed by atoms with Crippen LogP contribution < -0.4 is 11.2 Å². The number of hydrogen-bond acceptors (Lipinski definition) is 5. The number of nitrogens with two attached hydrogens (primary N) is 1. The van der Waals surface area contributed by atoms with Crippen molar-refractivity contribution >= 4 is 29.3 Å². The lowest BCUT2D eigenvalue weighted by Gasteiger charge is -2.11. The molecule has 2 aromatic rings. The molecule has 1 aromatic carbocycles. The summed E-state index contributed by atoms with van der Waals surface area (Å²) in [5.74, 6) is 6.52. The van der Waals surface area contributed by atoms with Crippen LogP contribution >= 0.6 is 23.4 Å². The summed E-state index contributed by atoms with van der Waals surface area (Å²) in [6, 6.07) is 7.62. The van der Waals surface area contributed by atoms with Crippen LogP contribution in [-0.4, -0.2) is 32.1 Å². The van der Waals surface area contributed by atoms with E-state index >= 15 is 0 Å². The number of carbonyl (C=O) groups is 1. The maximum atomic E-state index is 12.0. The summed E-state index contributed by atoms with van der Waals surface area (Å²) in [4.78, 5) is 12.0. The van der Waals surface area contributed by atoms with Crippen molar-refractivity contribution in [3.8, 4) is 11.4 Å². The normalized spacial score (nSPS) is 15.5. The molecular weight excluding hydrogens is 322 g/mol. The zero-order valence-corrected chi connectivity index (χ0v) is 13.6. The molecule has 116 valence electrons. The molecule has 0 unspecified atom stereocenters. The lowest BCUT2D eigenvalue weighted by Crippen LogP contribution is -2.32. The van der Waals surface area contributed by atoms with Crippen molar-refractivity contribution in [3.63, 3.8) is 0 Å². The second-order valence-electron chi connectivity index (χ2n) is 5.20. The van der Waals surface area contributed by atoms with E-state index in [9.17, 15) is 4.79 Å². The van der Waals surface area contributed by atoms with E-state index in [0.29, 0.717) is 27.6 Å². The molecule has 8 heteroatoms. The largest absolute Gasteiger partial charge is 0.352 e. The summed E-state index contributed by atoms with van der Waals surface area (Å²) >= 11 is 7.43. The molecule has 0 aliphatic heterocycles. The predicted molar refractivity (Wildman–Crippen MR) is 87.1 cm³/mol. The van der Waals surface area contributed by atoms with Crippen LogP contribution in [0.1, 0.15) is 19.8 Å². The van der Waals surface area contributed by atoms with Crippen molar-refractivity contribution in [1.29, 1.82) is 0 Å². The number of rotatable bonds is 5. The molecule has 1 aliphatic rings. The third-order valence-electron chi connectivity index (χ3n) is 3.35. The Kier molecular flexibility index (Phi) is 4.26. The van der Waals surface area contributed by atoms with Gasteiger partial charge in [-0.05, 0) is 31.9 Å². The molecule has 1 fully saturated rings. The van der Waals surface area contributed by atoms with Gasteiger partial charge in [0.2, 0.25) is 11.1 Å². The lowest BCUT2D eigenvalue weighted by molar-refractivity contribution is -0.120. The highest BCUT2D eigenvalue weighted by Crippen LogP contribution is 2.29. The van der Waals surface area contributed by atoms with Crippen LogP contribution in [0.3, 0.4) is 0 Å². The number of halogens is 1. The minimum Gasteiger partial charge on any atom is -0.352 e. The fourth-order valence-electron chi connectivity index (χ4n) is 1.94. The Hall–Kier alpha value is -1.73. The molecule has 0 bridgehead atoms.